The molecule has 0 bridgehead atoms. The van der Waals surface area contributed by atoms with Crippen molar-refractivity contribution in [3.05, 3.63) is 136 Å². The highest BCUT2D eigenvalue weighted by Crippen LogP contribution is 2.27. The highest BCUT2D eigenvalue weighted by atomic mass is 19.1. The number of nitrogens with zero attached hydrogens (tertiary/aromatic N) is 3. The zero-order valence-corrected chi connectivity index (χ0v) is 22.5. The first-order valence-electron chi connectivity index (χ1n) is 12.6. The Morgan fingerprint density at radius 2 is 1.93 bits per heavy atom. The molecule has 10 nitrogen and oxygen atoms in total. The minimum absolute atomic E-state index is 0.0988. The summed E-state index contributed by atoms with van der Waals surface area (Å²) in [4.78, 5) is 25.8. The Morgan fingerprint density at radius 1 is 1.14 bits per heavy atom. The summed E-state index contributed by atoms with van der Waals surface area (Å²) in [6.45, 7) is 1.91. The van der Waals surface area contributed by atoms with Crippen molar-refractivity contribution < 1.29 is 18.3 Å². The lowest BCUT2D eigenvalue weighted by Crippen LogP contribution is -2.27. The van der Waals surface area contributed by atoms with Gasteiger partial charge in [0.15, 0.2) is 17.3 Å². The van der Waals surface area contributed by atoms with E-state index in [-0.39, 0.29) is 22.8 Å². The number of aromatic nitrogens is 3. The third-order valence-corrected chi connectivity index (χ3v) is 6.41. The van der Waals surface area contributed by atoms with E-state index >= 15 is 4.39 Å². The van der Waals surface area contributed by atoms with E-state index in [1.54, 1.807) is 23.2 Å². The molecule has 0 fully saturated rings. The summed E-state index contributed by atoms with van der Waals surface area (Å²) in [6, 6.07) is 11.9. The lowest BCUT2D eigenvalue weighted by atomic mass is 10.2. The molecule has 1 amide bonds. The Morgan fingerprint density at radius 3 is 2.62 bits per heavy atom. The van der Waals surface area contributed by atoms with Crippen molar-refractivity contribution in [1.29, 1.82) is 5.41 Å². The SMILES string of the molecule is Cc1c(NC2=CN/C(=C\C=N)C(Oc3ccc(NC(=O)c4cccn(-c5ccc(F)cc5)c4=O)cc3F)=C2)cnn1C. The standard InChI is InChI=1S/C30H25F2N7O3/c1-18-26(17-35-38(18)2)36-21-15-28(25(11-12-33)34-16-21)42-27-10-7-20(14-24(27)32)37-29(40)23-4-3-13-39(30(23)41)22-8-5-19(31)6-9-22/h3-17,33-34,36H,1-2H3,(H,37,40)/b25-11-,33-12?. The summed E-state index contributed by atoms with van der Waals surface area (Å²) in [5.74, 6) is -1.86. The van der Waals surface area contributed by atoms with Crippen LogP contribution in [0.5, 0.6) is 5.75 Å². The quantitative estimate of drug-likeness (QED) is 0.227. The van der Waals surface area contributed by atoms with Gasteiger partial charge >= 0.3 is 0 Å². The Balaban J connectivity index is 1.34. The molecule has 212 valence electrons. The monoisotopic (exact) mass is 569 g/mol. The first-order chi connectivity index (χ1) is 20.2. The molecule has 0 spiro atoms. The summed E-state index contributed by atoms with van der Waals surface area (Å²) >= 11 is 0. The molecule has 0 aliphatic carbocycles. The van der Waals surface area contributed by atoms with Crippen LogP contribution in [0.4, 0.5) is 20.2 Å². The Labute approximate surface area is 238 Å². The van der Waals surface area contributed by atoms with Gasteiger partial charge in [-0.25, -0.2) is 8.78 Å². The number of dihydropyridines is 1. The molecular weight excluding hydrogens is 544 g/mol. The van der Waals surface area contributed by atoms with E-state index in [0.29, 0.717) is 17.1 Å². The zero-order chi connectivity index (χ0) is 29.8. The lowest BCUT2D eigenvalue weighted by molar-refractivity contribution is 0.102. The van der Waals surface area contributed by atoms with Crippen LogP contribution in [0.1, 0.15) is 16.1 Å². The van der Waals surface area contributed by atoms with Crippen LogP contribution >= 0.6 is 0 Å². The van der Waals surface area contributed by atoms with E-state index in [2.05, 4.69) is 21.0 Å². The number of pyridine rings is 1. The third kappa shape index (κ3) is 5.87. The van der Waals surface area contributed by atoms with Gasteiger partial charge in [0.1, 0.15) is 11.4 Å². The minimum atomic E-state index is -0.771. The fourth-order valence-electron chi connectivity index (χ4n) is 4.08. The first kappa shape index (κ1) is 27.8. The number of hydrogen-bond donors (Lipinski definition) is 4. The molecule has 5 rings (SSSR count). The van der Waals surface area contributed by atoms with E-state index in [9.17, 15) is 14.0 Å². The molecule has 0 saturated carbocycles. The normalized spacial score (nSPS) is 13.6. The predicted molar refractivity (Wildman–Crippen MR) is 155 cm³/mol. The van der Waals surface area contributed by atoms with Gasteiger partial charge < -0.3 is 26.1 Å². The number of nitrogens with one attached hydrogen (secondary N) is 4. The van der Waals surface area contributed by atoms with Crippen LogP contribution in [0.3, 0.4) is 0 Å². The molecule has 0 atom stereocenters. The van der Waals surface area contributed by atoms with Gasteiger partial charge in [0.2, 0.25) is 0 Å². The van der Waals surface area contributed by atoms with Crippen molar-refractivity contribution >= 4 is 23.5 Å². The molecule has 2 aromatic heterocycles. The van der Waals surface area contributed by atoms with E-state index in [0.717, 1.165) is 23.7 Å². The Bertz CT molecular complexity index is 1840. The molecule has 4 aromatic rings. The number of carbonyl (C=O) groups is 1. The highest BCUT2D eigenvalue weighted by Gasteiger charge is 2.18. The van der Waals surface area contributed by atoms with E-state index in [1.165, 1.54) is 65.4 Å². The van der Waals surface area contributed by atoms with Crippen LogP contribution in [-0.4, -0.2) is 26.5 Å². The lowest BCUT2D eigenvalue weighted by Gasteiger charge is -2.20. The summed E-state index contributed by atoms with van der Waals surface area (Å²) in [5.41, 5.74) is 2.40. The number of amides is 1. The maximum absolute atomic E-state index is 15.1. The van der Waals surface area contributed by atoms with E-state index < -0.39 is 23.1 Å². The summed E-state index contributed by atoms with van der Waals surface area (Å²) < 4.78 is 37.2. The van der Waals surface area contributed by atoms with E-state index in [4.69, 9.17) is 10.1 Å². The second-order valence-electron chi connectivity index (χ2n) is 9.17. The van der Waals surface area contributed by atoms with Gasteiger partial charge in [0.05, 0.1) is 29.0 Å². The number of carbonyl (C=O) groups excluding carboxylic acids is 1. The van der Waals surface area contributed by atoms with Crippen molar-refractivity contribution in [1.82, 2.24) is 19.7 Å². The van der Waals surface area contributed by atoms with Gasteiger partial charge in [-0.05, 0) is 61.5 Å². The van der Waals surface area contributed by atoms with Crippen molar-refractivity contribution in [3.8, 4) is 11.4 Å². The Hall–Kier alpha value is -5.78. The summed E-state index contributed by atoms with van der Waals surface area (Å²) in [5, 5.41) is 20.4. The van der Waals surface area contributed by atoms with Gasteiger partial charge in [0, 0.05) is 49.2 Å². The number of aryl methyl sites for hydroxylation is 1. The van der Waals surface area contributed by atoms with Crippen molar-refractivity contribution in [3.63, 3.8) is 0 Å². The number of anilines is 2. The second kappa shape index (κ2) is 11.8. The average molecular weight is 570 g/mol. The first-order valence-corrected chi connectivity index (χ1v) is 12.6. The van der Waals surface area contributed by atoms with Crippen molar-refractivity contribution in [2.75, 3.05) is 10.6 Å². The van der Waals surface area contributed by atoms with Gasteiger partial charge in [-0.1, -0.05) is 0 Å². The Kier molecular flexibility index (Phi) is 7.78. The van der Waals surface area contributed by atoms with Gasteiger partial charge in [-0.3, -0.25) is 18.8 Å². The maximum atomic E-state index is 15.1. The average Bonchev–Trinajstić information content (AvgIpc) is 3.28. The molecule has 1 aliphatic rings. The minimum Gasteiger partial charge on any atom is -0.452 e. The van der Waals surface area contributed by atoms with Crippen LogP contribution in [0.25, 0.3) is 5.69 Å². The third-order valence-electron chi connectivity index (χ3n) is 6.41. The summed E-state index contributed by atoms with van der Waals surface area (Å²) in [7, 11) is 1.82. The number of ether oxygens (including phenoxy) is 1. The molecular formula is C30H25F2N7O3. The second-order valence-corrected chi connectivity index (χ2v) is 9.17. The summed E-state index contributed by atoms with van der Waals surface area (Å²) in [6.07, 6.45) is 8.99. The number of halogens is 2. The largest absolute Gasteiger partial charge is 0.452 e. The number of rotatable bonds is 8. The molecule has 3 heterocycles. The van der Waals surface area contributed by atoms with E-state index in [1.807, 2.05) is 14.0 Å². The number of allylic oxidation sites excluding steroid dienone is 2. The van der Waals surface area contributed by atoms with Crippen LogP contribution in [0.15, 0.2) is 107 Å². The smallest absolute Gasteiger partial charge is 0.267 e. The fraction of sp³-hybridized carbons (Fsp3) is 0.0667. The van der Waals surface area contributed by atoms with Crippen LogP contribution in [0, 0.1) is 24.0 Å². The highest BCUT2D eigenvalue weighted by molar-refractivity contribution is 6.04. The molecule has 12 heteroatoms. The number of benzene rings is 2. The molecule has 1 aliphatic heterocycles. The van der Waals surface area contributed by atoms with Gasteiger partial charge in [0.25, 0.3) is 11.5 Å². The van der Waals surface area contributed by atoms with Crippen LogP contribution in [-0.2, 0) is 7.05 Å². The molecule has 0 radical (unpaired) electrons. The molecule has 0 unspecified atom stereocenters. The maximum Gasteiger partial charge on any atom is 0.267 e. The molecule has 0 saturated heterocycles. The number of hydrogen-bond acceptors (Lipinski definition) is 7. The zero-order valence-electron chi connectivity index (χ0n) is 22.5. The fourth-order valence-corrected chi connectivity index (χ4v) is 4.08. The van der Waals surface area contributed by atoms with Gasteiger partial charge in [-0.15, -0.1) is 0 Å². The molecule has 4 N–H and O–H groups in total. The molecule has 42 heavy (non-hydrogen) atoms. The predicted octanol–water partition coefficient (Wildman–Crippen LogP) is 4.76. The van der Waals surface area contributed by atoms with Crippen LogP contribution in [0.2, 0.25) is 0 Å². The van der Waals surface area contributed by atoms with Crippen molar-refractivity contribution in [2.24, 2.45) is 7.05 Å². The molecule has 2 aromatic carbocycles. The topological polar surface area (TPSA) is 126 Å². The van der Waals surface area contributed by atoms with Crippen LogP contribution < -0.4 is 26.2 Å². The van der Waals surface area contributed by atoms with Gasteiger partial charge in [-0.2, -0.15) is 5.10 Å². The van der Waals surface area contributed by atoms with Crippen molar-refractivity contribution in [2.45, 2.75) is 6.92 Å².